The molecule has 0 spiro atoms. The van der Waals surface area contributed by atoms with Crippen LogP contribution in [-0.2, 0) is 10.3 Å². The highest BCUT2D eigenvalue weighted by molar-refractivity contribution is 7.73. The highest BCUT2D eigenvalue weighted by Gasteiger charge is 2.33. The van der Waals surface area contributed by atoms with Crippen molar-refractivity contribution in [3.05, 3.63) is 59.0 Å². The van der Waals surface area contributed by atoms with Crippen LogP contribution in [0.1, 0.15) is 18.9 Å². The number of rotatable bonds is 2. The predicted octanol–water partition coefficient (Wildman–Crippen LogP) is 2.67. The Morgan fingerprint density at radius 1 is 1.26 bits per heavy atom. The van der Waals surface area contributed by atoms with Crippen LogP contribution in [0.15, 0.2) is 48.2 Å². The number of hydroxylamine groups is 2. The van der Waals surface area contributed by atoms with Gasteiger partial charge in [-0.3, -0.25) is 4.65 Å². The van der Waals surface area contributed by atoms with Gasteiger partial charge in [0, 0.05) is 17.2 Å². The van der Waals surface area contributed by atoms with Crippen molar-refractivity contribution in [3.8, 4) is 0 Å². The predicted molar refractivity (Wildman–Crippen MR) is 77.8 cm³/mol. The lowest BCUT2D eigenvalue weighted by atomic mass is 10.1. The van der Waals surface area contributed by atoms with Gasteiger partial charge >= 0.3 is 0 Å². The van der Waals surface area contributed by atoms with E-state index in [1.165, 1.54) is 6.20 Å². The van der Waals surface area contributed by atoms with E-state index in [-0.39, 0.29) is 4.99 Å². The van der Waals surface area contributed by atoms with Gasteiger partial charge in [0.25, 0.3) is 15.3 Å². The van der Waals surface area contributed by atoms with Crippen LogP contribution in [0, 0.1) is 12.1 Å². The lowest BCUT2D eigenvalue weighted by Crippen LogP contribution is -2.46. The van der Waals surface area contributed by atoms with Gasteiger partial charge in [0.15, 0.2) is 0 Å². The first-order valence-electron chi connectivity index (χ1n) is 6.02. The summed E-state index contributed by atoms with van der Waals surface area (Å²) in [5.74, 6) is 0. The minimum absolute atomic E-state index is 0.126. The van der Waals surface area contributed by atoms with Crippen molar-refractivity contribution >= 4 is 21.0 Å². The van der Waals surface area contributed by atoms with Gasteiger partial charge in [-0.2, -0.15) is 8.42 Å². The molecule has 1 aliphatic rings. The molecule has 0 fully saturated rings. The third-order valence-electron chi connectivity index (χ3n) is 3.18. The number of nitrogens with zero attached hydrogens (tertiary/aromatic N) is 1. The van der Waals surface area contributed by atoms with Crippen molar-refractivity contribution in [2.75, 3.05) is 0 Å². The van der Waals surface area contributed by atoms with E-state index in [4.69, 9.17) is 0 Å². The third kappa shape index (κ3) is 2.28. The lowest BCUT2D eigenvalue weighted by molar-refractivity contribution is 0.622. The van der Waals surface area contributed by atoms with Crippen LogP contribution in [-0.4, -0.2) is 13.4 Å². The van der Waals surface area contributed by atoms with Crippen molar-refractivity contribution in [2.45, 2.75) is 20.3 Å². The Hall–Kier alpha value is -1.69. The van der Waals surface area contributed by atoms with Crippen LogP contribution in [0.2, 0.25) is 0 Å². The molecule has 0 N–H and O–H groups in total. The van der Waals surface area contributed by atoms with Gasteiger partial charge in [-0.1, -0.05) is 25.1 Å². The van der Waals surface area contributed by atoms with Crippen molar-refractivity contribution in [2.24, 2.45) is 0 Å². The van der Waals surface area contributed by atoms with E-state index in [1.54, 1.807) is 37.3 Å². The molecule has 0 bridgehead atoms. The van der Waals surface area contributed by atoms with E-state index in [0.717, 1.165) is 5.56 Å². The van der Waals surface area contributed by atoms with Crippen LogP contribution >= 0.6 is 0 Å². The van der Waals surface area contributed by atoms with E-state index in [0.29, 0.717) is 17.7 Å². The maximum Gasteiger partial charge on any atom is 0.277 e. The molecule has 5 heteroatoms. The van der Waals surface area contributed by atoms with E-state index in [9.17, 15) is 13.6 Å². The minimum Gasteiger partial charge on any atom is -0.616 e. The summed E-state index contributed by atoms with van der Waals surface area (Å²) >= 11 is 0. The number of para-hydroxylation sites is 1. The monoisotopic (exact) mass is 277 g/mol. The molecule has 0 aromatic heterocycles. The Balaban J connectivity index is 2.74. The fraction of sp³-hybridized carbons (Fsp3) is 0.214. The Bertz CT molecular complexity index is 693. The molecule has 0 saturated heterocycles. The largest absolute Gasteiger partial charge is 0.616 e. The molecular weight excluding hydrogens is 262 g/mol. The number of allylic oxidation sites excluding steroid dienone is 2. The van der Waals surface area contributed by atoms with Crippen LogP contribution in [0.5, 0.6) is 0 Å². The normalized spacial score (nSPS) is 22.3. The van der Waals surface area contributed by atoms with Crippen molar-refractivity contribution in [1.29, 1.82) is 0 Å². The Labute approximate surface area is 114 Å². The molecule has 1 aromatic carbocycles. The first kappa shape index (κ1) is 13.7. The summed E-state index contributed by atoms with van der Waals surface area (Å²) in [6.45, 7) is 3.64. The molecule has 1 atom stereocenters. The van der Waals surface area contributed by atoms with Crippen LogP contribution in [0.25, 0.3) is 0 Å². The van der Waals surface area contributed by atoms with Crippen LogP contribution < -0.4 is 4.65 Å². The second-order valence-electron chi connectivity index (χ2n) is 4.37. The fourth-order valence-corrected chi connectivity index (χ4v) is 3.05. The van der Waals surface area contributed by atoms with Gasteiger partial charge in [0.05, 0.1) is 0 Å². The number of benzene rings is 1. The zero-order chi connectivity index (χ0) is 14.0. The quantitative estimate of drug-likeness (QED) is 0.474. The number of hydrogen-bond acceptors (Lipinski definition) is 3. The summed E-state index contributed by atoms with van der Waals surface area (Å²) in [5, 5.41) is 13.1. The highest BCUT2D eigenvalue weighted by atomic mass is 32.2. The molecule has 0 amide bonds. The maximum atomic E-state index is 13.1. The Kier molecular flexibility index (Phi) is 3.71. The van der Waals surface area contributed by atoms with Gasteiger partial charge in [-0.25, -0.2) is 0 Å². The Morgan fingerprint density at radius 2 is 1.95 bits per heavy atom. The molecule has 0 aliphatic carbocycles. The van der Waals surface area contributed by atoms with E-state index < -0.39 is 14.9 Å². The molecule has 1 heterocycles. The number of quaternary nitrogens is 1. The lowest BCUT2D eigenvalue weighted by Gasteiger charge is -2.40. The average Bonchev–Trinajstić information content (AvgIpc) is 2.38. The summed E-state index contributed by atoms with van der Waals surface area (Å²) in [6, 6.07) is 7.03. The molecule has 0 saturated carbocycles. The first-order chi connectivity index (χ1) is 9.00. The number of aryl methyl sites for hydroxylation is 1. The molecular formula is C14H15NO3S. The van der Waals surface area contributed by atoms with Crippen LogP contribution in [0.3, 0.4) is 0 Å². The van der Waals surface area contributed by atoms with Gasteiger partial charge in [-0.05, 0) is 25.5 Å². The second-order valence-corrected chi connectivity index (χ2v) is 5.23. The molecule has 100 valence electrons. The topological polar surface area (TPSA) is 57.2 Å². The number of hydrogen-bond donors (Lipinski definition) is 0. The van der Waals surface area contributed by atoms with Crippen LogP contribution in [0.4, 0.5) is 5.69 Å². The SMILES string of the molecule is CCC1=CC=C[N+]([O-])(c2ccccc2C)C1=S(=O)=O. The standard InChI is InChI=1S/C14H15NO3S/c1-3-12-8-6-10-15(16,14(12)19(17)18)13-9-5-4-7-11(13)2/h4-10H,3H2,1-2H3. The van der Waals surface area contributed by atoms with Crippen molar-refractivity contribution in [1.82, 2.24) is 4.65 Å². The fourth-order valence-electron chi connectivity index (χ4n) is 2.25. The van der Waals surface area contributed by atoms with Gasteiger partial charge in [0.2, 0.25) is 0 Å². The molecule has 1 aliphatic heterocycles. The smallest absolute Gasteiger partial charge is 0.277 e. The molecule has 0 radical (unpaired) electrons. The van der Waals surface area contributed by atoms with Gasteiger partial charge < -0.3 is 5.21 Å². The second kappa shape index (κ2) is 5.13. The zero-order valence-corrected chi connectivity index (χ0v) is 11.6. The average molecular weight is 277 g/mol. The summed E-state index contributed by atoms with van der Waals surface area (Å²) in [7, 11) is -2.55. The third-order valence-corrected chi connectivity index (χ3v) is 4.03. The molecule has 1 unspecified atom stereocenters. The first-order valence-corrected chi connectivity index (χ1v) is 7.09. The summed E-state index contributed by atoms with van der Waals surface area (Å²) in [6.07, 6.45) is 5.15. The highest BCUT2D eigenvalue weighted by Crippen LogP contribution is 2.32. The zero-order valence-electron chi connectivity index (χ0n) is 10.8. The van der Waals surface area contributed by atoms with Crippen molar-refractivity contribution < 1.29 is 8.42 Å². The van der Waals surface area contributed by atoms with E-state index in [2.05, 4.69) is 0 Å². The molecule has 1 aromatic rings. The Morgan fingerprint density at radius 3 is 2.53 bits per heavy atom. The van der Waals surface area contributed by atoms with Gasteiger partial charge in [-0.15, -0.1) is 0 Å². The summed E-state index contributed by atoms with van der Waals surface area (Å²) in [4.78, 5) is -0.126. The molecule has 4 nitrogen and oxygen atoms in total. The summed E-state index contributed by atoms with van der Waals surface area (Å²) in [5.41, 5.74) is 1.74. The molecule has 19 heavy (non-hydrogen) atoms. The van der Waals surface area contributed by atoms with Crippen molar-refractivity contribution in [3.63, 3.8) is 0 Å². The van der Waals surface area contributed by atoms with E-state index >= 15 is 0 Å². The van der Waals surface area contributed by atoms with Gasteiger partial charge in [0.1, 0.15) is 11.9 Å². The molecule has 2 rings (SSSR count). The van der Waals surface area contributed by atoms with E-state index in [1.807, 2.05) is 13.0 Å². The minimum atomic E-state index is -2.55. The maximum absolute atomic E-state index is 13.1. The summed E-state index contributed by atoms with van der Waals surface area (Å²) < 4.78 is 21.9.